The van der Waals surface area contributed by atoms with E-state index in [-0.39, 0.29) is 11.0 Å². The van der Waals surface area contributed by atoms with Gasteiger partial charge in [0.05, 0.1) is 16.7 Å². The summed E-state index contributed by atoms with van der Waals surface area (Å²) in [6.07, 6.45) is 2.40. The zero-order chi connectivity index (χ0) is 12.7. The monoisotopic (exact) mass is 256 g/mol. The molecule has 1 aromatic rings. The van der Waals surface area contributed by atoms with Gasteiger partial charge in [0.2, 0.25) is 0 Å². The minimum absolute atomic E-state index is 0.189. The lowest BCUT2D eigenvalue weighted by atomic mass is 10.3. The SMILES string of the molecule is CCC(C)S(=O)(=O)CCNCc1ccccn1. The summed E-state index contributed by atoms with van der Waals surface area (Å²) >= 11 is 0. The Balaban J connectivity index is 2.30. The van der Waals surface area contributed by atoms with E-state index in [9.17, 15) is 8.42 Å². The normalized spacial score (nSPS) is 13.5. The van der Waals surface area contributed by atoms with Crippen molar-refractivity contribution in [3.8, 4) is 0 Å². The van der Waals surface area contributed by atoms with Gasteiger partial charge in [-0.15, -0.1) is 0 Å². The van der Waals surface area contributed by atoms with E-state index in [2.05, 4.69) is 10.3 Å². The fourth-order valence-corrected chi connectivity index (χ4v) is 2.73. The van der Waals surface area contributed by atoms with Gasteiger partial charge in [-0.1, -0.05) is 13.0 Å². The molecule has 4 nitrogen and oxygen atoms in total. The molecule has 0 amide bonds. The van der Waals surface area contributed by atoms with Crippen molar-refractivity contribution >= 4 is 9.84 Å². The summed E-state index contributed by atoms with van der Waals surface area (Å²) in [5.41, 5.74) is 0.924. The molecule has 1 heterocycles. The molecule has 0 aliphatic rings. The minimum atomic E-state index is -2.95. The second kappa shape index (κ2) is 6.71. The topological polar surface area (TPSA) is 59.1 Å². The molecule has 1 unspecified atom stereocenters. The van der Waals surface area contributed by atoms with Crippen molar-refractivity contribution < 1.29 is 8.42 Å². The first-order valence-corrected chi connectivity index (χ1v) is 7.60. The van der Waals surface area contributed by atoms with Gasteiger partial charge in [-0.2, -0.15) is 0 Å². The lowest BCUT2D eigenvalue weighted by Crippen LogP contribution is -2.28. The number of rotatable bonds is 7. The molecule has 96 valence electrons. The Morgan fingerprint density at radius 2 is 2.18 bits per heavy atom. The first kappa shape index (κ1) is 14.1. The molecule has 1 N–H and O–H groups in total. The average molecular weight is 256 g/mol. The fraction of sp³-hybridized carbons (Fsp3) is 0.583. The van der Waals surface area contributed by atoms with Crippen molar-refractivity contribution in [3.63, 3.8) is 0 Å². The Kier molecular flexibility index (Phi) is 5.58. The number of sulfone groups is 1. The van der Waals surface area contributed by atoms with Crippen LogP contribution in [0.5, 0.6) is 0 Å². The van der Waals surface area contributed by atoms with Gasteiger partial charge < -0.3 is 5.32 Å². The van der Waals surface area contributed by atoms with Crippen molar-refractivity contribution in [2.45, 2.75) is 32.1 Å². The molecule has 5 heteroatoms. The molecule has 0 saturated heterocycles. The molecule has 17 heavy (non-hydrogen) atoms. The summed E-state index contributed by atoms with van der Waals surface area (Å²) < 4.78 is 23.4. The second-order valence-electron chi connectivity index (χ2n) is 4.08. The van der Waals surface area contributed by atoms with E-state index in [1.54, 1.807) is 13.1 Å². The molecule has 0 aliphatic carbocycles. The highest BCUT2D eigenvalue weighted by Crippen LogP contribution is 2.05. The molecule has 0 saturated carbocycles. The maximum absolute atomic E-state index is 11.7. The van der Waals surface area contributed by atoms with Crippen LogP contribution in [0.1, 0.15) is 26.0 Å². The first-order valence-electron chi connectivity index (χ1n) is 5.88. The molecule has 1 rings (SSSR count). The third-order valence-electron chi connectivity index (χ3n) is 2.78. The largest absolute Gasteiger partial charge is 0.310 e. The maximum atomic E-state index is 11.7. The van der Waals surface area contributed by atoms with Crippen LogP contribution in [0.3, 0.4) is 0 Å². The highest BCUT2D eigenvalue weighted by molar-refractivity contribution is 7.92. The van der Waals surface area contributed by atoms with Crippen LogP contribution in [-0.4, -0.2) is 30.9 Å². The Morgan fingerprint density at radius 1 is 1.41 bits per heavy atom. The zero-order valence-electron chi connectivity index (χ0n) is 10.4. The van der Waals surface area contributed by atoms with Crippen LogP contribution in [0.25, 0.3) is 0 Å². The Morgan fingerprint density at radius 3 is 2.76 bits per heavy atom. The van der Waals surface area contributed by atoms with Gasteiger partial charge in [-0.05, 0) is 25.5 Å². The van der Waals surface area contributed by atoms with Gasteiger partial charge in [0, 0.05) is 19.3 Å². The summed E-state index contributed by atoms with van der Waals surface area (Å²) in [4.78, 5) is 4.15. The second-order valence-corrected chi connectivity index (χ2v) is 6.62. The number of pyridine rings is 1. The van der Waals surface area contributed by atoms with E-state index in [0.717, 1.165) is 5.69 Å². The molecule has 0 spiro atoms. The smallest absolute Gasteiger partial charge is 0.154 e. The van der Waals surface area contributed by atoms with E-state index in [1.807, 2.05) is 25.1 Å². The van der Waals surface area contributed by atoms with E-state index >= 15 is 0 Å². The van der Waals surface area contributed by atoms with Gasteiger partial charge in [-0.25, -0.2) is 8.42 Å². The standard InChI is InChI=1S/C12H20N2O2S/c1-3-11(2)17(15,16)9-8-13-10-12-6-4-5-7-14-12/h4-7,11,13H,3,8-10H2,1-2H3. The highest BCUT2D eigenvalue weighted by Gasteiger charge is 2.17. The average Bonchev–Trinajstić information content (AvgIpc) is 2.35. The van der Waals surface area contributed by atoms with E-state index in [4.69, 9.17) is 0 Å². The van der Waals surface area contributed by atoms with Gasteiger partial charge >= 0.3 is 0 Å². The summed E-state index contributed by atoms with van der Waals surface area (Å²) in [6.45, 7) is 4.73. The number of hydrogen-bond acceptors (Lipinski definition) is 4. The van der Waals surface area contributed by atoms with Crippen LogP contribution in [0.4, 0.5) is 0 Å². The van der Waals surface area contributed by atoms with Gasteiger partial charge in [0.25, 0.3) is 0 Å². The molecule has 0 aliphatic heterocycles. The number of hydrogen-bond donors (Lipinski definition) is 1. The number of nitrogens with zero attached hydrogens (tertiary/aromatic N) is 1. The minimum Gasteiger partial charge on any atom is -0.310 e. The molecule has 1 aromatic heterocycles. The highest BCUT2D eigenvalue weighted by atomic mass is 32.2. The zero-order valence-corrected chi connectivity index (χ0v) is 11.2. The summed E-state index contributed by atoms with van der Waals surface area (Å²) in [6, 6.07) is 5.69. The van der Waals surface area contributed by atoms with E-state index in [0.29, 0.717) is 19.5 Å². The third kappa shape index (κ3) is 4.83. The van der Waals surface area contributed by atoms with Gasteiger partial charge in [-0.3, -0.25) is 4.98 Å². The van der Waals surface area contributed by atoms with E-state index in [1.165, 1.54) is 0 Å². The predicted octanol–water partition coefficient (Wildman–Crippen LogP) is 1.38. The molecule has 1 atom stereocenters. The Bertz CT molecular complexity index is 417. The van der Waals surface area contributed by atoms with Crippen molar-refractivity contribution in [3.05, 3.63) is 30.1 Å². The van der Waals surface area contributed by atoms with Crippen molar-refractivity contribution in [1.29, 1.82) is 0 Å². The first-order chi connectivity index (χ1) is 8.06. The number of nitrogens with one attached hydrogen (secondary N) is 1. The van der Waals surface area contributed by atoms with Crippen molar-refractivity contribution in [2.75, 3.05) is 12.3 Å². The lowest BCUT2D eigenvalue weighted by molar-refractivity contribution is 0.575. The molecule has 0 fully saturated rings. The summed E-state index contributed by atoms with van der Waals surface area (Å²) in [5.74, 6) is 0.189. The predicted molar refractivity (Wildman–Crippen MR) is 69.5 cm³/mol. The van der Waals surface area contributed by atoms with Gasteiger partial charge in [0.1, 0.15) is 0 Å². The molecule has 0 aromatic carbocycles. The maximum Gasteiger partial charge on any atom is 0.154 e. The molecular formula is C12H20N2O2S. The van der Waals surface area contributed by atoms with Crippen LogP contribution in [0, 0.1) is 0 Å². The summed E-state index contributed by atoms with van der Waals surface area (Å²) in [5, 5.41) is 2.84. The van der Waals surface area contributed by atoms with Crippen LogP contribution in [0.2, 0.25) is 0 Å². The van der Waals surface area contributed by atoms with E-state index < -0.39 is 9.84 Å². The number of aromatic nitrogens is 1. The Labute approximate surface area is 103 Å². The Hall–Kier alpha value is -0.940. The quantitative estimate of drug-likeness (QED) is 0.749. The van der Waals surface area contributed by atoms with Crippen LogP contribution >= 0.6 is 0 Å². The van der Waals surface area contributed by atoms with Crippen molar-refractivity contribution in [2.24, 2.45) is 0 Å². The van der Waals surface area contributed by atoms with Gasteiger partial charge in [0.15, 0.2) is 9.84 Å². The lowest BCUT2D eigenvalue weighted by Gasteiger charge is -2.10. The van der Waals surface area contributed by atoms with Crippen LogP contribution in [0.15, 0.2) is 24.4 Å². The molecular weight excluding hydrogens is 236 g/mol. The molecule has 0 radical (unpaired) electrons. The molecule has 0 bridgehead atoms. The van der Waals surface area contributed by atoms with Crippen molar-refractivity contribution in [1.82, 2.24) is 10.3 Å². The fourth-order valence-electron chi connectivity index (χ4n) is 1.39. The van der Waals surface area contributed by atoms with Crippen LogP contribution < -0.4 is 5.32 Å². The van der Waals surface area contributed by atoms with Crippen LogP contribution in [-0.2, 0) is 16.4 Å². The third-order valence-corrected chi connectivity index (χ3v) is 5.12. The summed E-state index contributed by atoms with van der Waals surface area (Å²) in [7, 11) is -2.95.